The number of carboxylic acids is 1. The minimum Gasteiger partial charge on any atom is -0.481 e. The number of carbonyl (C=O) groups excluding carboxylic acids is 1. The molecule has 0 aromatic heterocycles. The average molecular weight is 347 g/mol. The lowest BCUT2D eigenvalue weighted by molar-refractivity contribution is -0.149. The van der Waals surface area contributed by atoms with Crippen LogP contribution >= 0.6 is 0 Å². The zero-order chi connectivity index (χ0) is 18.0. The van der Waals surface area contributed by atoms with Crippen LogP contribution in [0.5, 0.6) is 0 Å². The molecule has 4 rings (SSSR count). The fourth-order valence-corrected chi connectivity index (χ4v) is 8.08. The van der Waals surface area contributed by atoms with Gasteiger partial charge in [-0.15, -0.1) is 0 Å². The Morgan fingerprint density at radius 1 is 1.04 bits per heavy atom. The molecule has 0 radical (unpaired) electrons. The van der Waals surface area contributed by atoms with Crippen molar-refractivity contribution in [1.82, 2.24) is 0 Å². The number of hydrogen-bond donors (Lipinski definition) is 1. The Morgan fingerprint density at radius 2 is 1.76 bits per heavy atom. The molecule has 0 bridgehead atoms. The summed E-state index contributed by atoms with van der Waals surface area (Å²) in [6, 6.07) is 0. The van der Waals surface area contributed by atoms with Crippen molar-refractivity contribution in [3.8, 4) is 0 Å². The molecule has 4 aliphatic rings. The first-order valence-corrected chi connectivity index (χ1v) is 10.5. The van der Waals surface area contributed by atoms with Crippen molar-refractivity contribution in [3.05, 3.63) is 0 Å². The molecule has 3 heteroatoms. The van der Waals surface area contributed by atoms with Gasteiger partial charge < -0.3 is 5.11 Å². The predicted octanol–water partition coefficient (Wildman–Crippen LogP) is 4.94. The van der Waals surface area contributed by atoms with Gasteiger partial charge in [-0.1, -0.05) is 20.8 Å². The quantitative estimate of drug-likeness (QED) is 0.771. The molecule has 0 aromatic rings. The van der Waals surface area contributed by atoms with Gasteiger partial charge >= 0.3 is 5.97 Å². The second-order valence-corrected chi connectivity index (χ2v) is 10.3. The van der Waals surface area contributed by atoms with Gasteiger partial charge in [-0.05, 0) is 85.4 Å². The summed E-state index contributed by atoms with van der Waals surface area (Å²) in [6.07, 6.45) is 9.95. The lowest BCUT2D eigenvalue weighted by Gasteiger charge is -2.60. The number of ketones is 1. The van der Waals surface area contributed by atoms with Gasteiger partial charge in [0.05, 0.1) is 5.92 Å². The molecule has 140 valence electrons. The molecule has 4 aliphatic carbocycles. The average Bonchev–Trinajstić information content (AvgIpc) is 2.92. The maximum absolute atomic E-state index is 12.0. The fourth-order valence-electron chi connectivity index (χ4n) is 8.08. The smallest absolute Gasteiger partial charge is 0.306 e. The first-order chi connectivity index (χ1) is 11.8. The standard InChI is InChI=1S/C22H34O3/c1-13(20(24)25)17-6-7-18-16-5-4-14-12-15(23)8-10-21(14,2)19(16)9-11-22(17,18)3/h13-14,16-19H,4-12H2,1-3H3,(H,24,25)/t13-,14-,16-,17+,18-,19-,21-,22+/m0/s1. The number of carbonyl (C=O) groups is 2. The van der Waals surface area contributed by atoms with E-state index in [2.05, 4.69) is 13.8 Å². The number of Topliss-reactive ketones (excluding diaryl/α,β-unsaturated/α-hetero) is 1. The third kappa shape index (κ3) is 2.44. The van der Waals surface area contributed by atoms with E-state index < -0.39 is 5.97 Å². The molecule has 4 saturated carbocycles. The van der Waals surface area contributed by atoms with Crippen molar-refractivity contribution in [2.45, 2.75) is 78.6 Å². The zero-order valence-corrected chi connectivity index (χ0v) is 16.1. The molecular weight excluding hydrogens is 312 g/mol. The highest BCUT2D eigenvalue weighted by Gasteiger charge is 2.61. The Balaban J connectivity index is 1.60. The Bertz CT molecular complexity index is 584. The van der Waals surface area contributed by atoms with Gasteiger partial charge in [0.25, 0.3) is 0 Å². The largest absolute Gasteiger partial charge is 0.481 e. The van der Waals surface area contributed by atoms with E-state index in [1.54, 1.807) is 0 Å². The van der Waals surface area contributed by atoms with Crippen LogP contribution in [0.3, 0.4) is 0 Å². The van der Waals surface area contributed by atoms with E-state index in [4.69, 9.17) is 0 Å². The van der Waals surface area contributed by atoms with Crippen LogP contribution in [0.25, 0.3) is 0 Å². The lowest BCUT2D eigenvalue weighted by Crippen LogP contribution is -2.54. The lowest BCUT2D eigenvalue weighted by atomic mass is 9.44. The SMILES string of the molecule is C[C@H](C(=O)O)[C@H]1CC[C@H]2[C@@H]3CC[C@H]4CC(=O)CC[C@]4(C)[C@H]3CC[C@]12C. The third-order valence-corrected chi connectivity index (χ3v) is 9.55. The molecular formula is C22H34O3. The van der Waals surface area contributed by atoms with Crippen LogP contribution in [0.15, 0.2) is 0 Å². The Labute approximate surface area is 151 Å². The van der Waals surface area contributed by atoms with Gasteiger partial charge in [-0.2, -0.15) is 0 Å². The highest BCUT2D eigenvalue weighted by molar-refractivity contribution is 5.79. The summed E-state index contributed by atoms with van der Waals surface area (Å²) in [4.78, 5) is 23.6. The van der Waals surface area contributed by atoms with E-state index in [1.807, 2.05) is 6.92 Å². The van der Waals surface area contributed by atoms with Crippen molar-refractivity contribution >= 4 is 11.8 Å². The number of aliphatic carboxylic acids is 1. The minimum atomic E-state index is -0.615. The van der Waals surface area contributed by atoms with Crippen LogP contribution in [-0.2, 0) is 9.59 Å². The van der Waals surface area contributed by atoms with Gasteiger partial charge in [0.2, 0.25) is 0 Å². The summed E-state index contributed by atoms with van der Waals surface area (Å²) in [5.74, 6) is 2.83. The monoisotopic (exact) mass is 346 g/mol. The second kappa shape index (κ2) is 5.82. The molecule has 3 nitrogen and oxygen atoms in total. The van der Waals surface area contributed by atoms with Crippen molar-refractivity contribution in [3.63, 3.8) is 0 Å². The Kier molecular flexibility index (Phi) is 4.09. The summed E-state index contributed by atoms with van der Waals surface area (Å²) in [5, 5.41) is 9.57. The van der Waals surface area contributed by atoms with Gasteiger partial charge in [0.1, 0.15) is 5.78 Å². The number of fused-ring (bicyclic) bond motifs is 5. The summed E-state index contributed by atoms with van der Waals surface area (Å²) >= 11 is 0. The zero-order valence-electron chi connectivity index (χ0n) is 16.1. The highest BCUT2D eigenvalue weighted by atomic mass is 16.4. The van der Waals surface area contributed by atoms with Crippen molar-refractivity contribution in [1.29, 1.82) is 0 Å². The van der Waals surface area contributed by atoms with Gasteiger partial charge in [0, 0.05) is 12.8 Å². The molecule has 8 atom stereocenters. The van der Waals surface area contributed by atoms with E-state index in [9.17, 15) is 14.7 Å². The van der Waals surface area contributed by atoms with Crippen molar-refractivity contribution in [2.24, 2.45) is 46.3 Å². The molecule has 1 N–H and O–H groups in total. The van der Waals surface area contributed by atoms with Crippen LogP contribution in [0.1, 0.15) is 78.6 Å². The van der Waals surface area contributed by atoms with Crippen LogP contribution in [0.4, 0.5) is 0 Å². The Morgan fingerprint density at radius 3 is 2.48 bits per heavy atom. The number of hydrogen-bond acceptors (Lipinski definition) is 2. The first-order valence-electron chi connectivity index (χ1n) is 10.5. The molecule has 0 unspecified atom stereocenters. The molecule has 0 aliphatic heterocycles. The van der Waals surface area contributed by atoms with Gasteiger partial charge in [-0.3, -0.25) is 9.59 Å². The summed E-state index contributed by atoms with van der Waals surface area (Å²) < 4.78 is 0. The van der Waals surface area contributed by atoms with Gasteiger partial charge in [-0.25, -0.2) is 0 Å². The second-order valence-electron chi connectivity index (χ2n) is 10.3. The maximum Gasteiger partial charge on any atom is 0.306 e. The molecule has 0 spiro atoms. The molecule has 0 aromatic carbocycles. The van der Waals surface area contributed by atoms with Gasteiger partial charge in [0.15, 0.2) is 0 Å². The van der Waals surface area contributed by atoms with Crippen LogP contribution < -0.4 is 0 Å². The first kappa shape index (κ1) is 17.5. The third-order valence-electron chi connectivity index (χ3n) is 9.55. The normalized spacial score (nSPS) is 50.5. The van der Waals surface area contributed by atoms with Crippen LogP contribution in [0, 0.1) is 46.3 Å². The van der Waals surface area contributed by atoms with E-state index in [-0.39, 0.29) is 11.3 Å². The van der Waals surface area contributed by atoms with Crippen LogP contribution in [0.2, 0.25) is 0 Å². The topological polar surface area (TPSA) is 54.4 Å². The van der Waals surface area contributed by atoms with Crippen molar-refractivity contribution < 1.29 is 14.7 Å². The minimum absolute atomic E-state index is 0.215. The predicted molar refractivity (Wildman–Crippen MR) is 97.0 cm³/mol. The molecule has 0 amide bonds. The summed E-state index contributed by atoms with van der Waals surface area (Å²) in [5.41, 5.74) is 0.571. The van der Waals surface area contributed by atoms with E-state index in [0.717, 1.165) is 37.5 Å². The van der Waals surface area contributed by atoms with E-state index >= 15 is 0 Å². The maximum atomic E-state index is 12.0. The molecule has 4 fully saturated rings. The van der Waals surface area contributed by atoms with Crippen LogP contribution in [-0.4, -0.2) is 16.9 Å². The summed E-state index contributed by atoms with van der Waals surface area (Å²) in [6.45, 7) is 6.82. The van der Waals surface area contributed by atoms with E-state index in [1.165, 1.54) is 32.1 Å². The van der Waals surface area contributed by atoms with Crippen molar-refractivity contribution in [2.75, 3.05) is 0 Å². The molecule has 0 saturated heterocycles. The summed E-state index contributed by atoms with van der Waals surface area (Å²) in [7, 11) is 0. The molecule has 25 heavy (non-hydrogen) atoms. The Hall–Kier alpha value is -0.860. The number of carboxylic acid groups (broad SMARTS) is 1. The fraction of sp³-hybridized carbons (Fsp3) is 0.909. The number of rotatable bonds is 2. The van der Waals surface area contributed by atoms with E-state index in [0.29, 0.717) is 29.0 Å². The highest BCUT2D eigenvalue weighted by Crippen LogP contribution is 2.68. The molecule has 0 heterocycles.